The number of thioether (sulfide) groups is 1. The molecule has 0 aliphatic carbocycles. The van der Waals surface area contributed by atoms with Gasteiger partial charge >= 0.3 is 0 Å². The van der Waals surface area contributed by atoms with Crippen LogP contribution in [0.4, 0.5) is 0 Å². The molecule has 0 saturated carbocycles. The van der Waals surface area contributed by atoms with E-state index in [9.17, 15) is 4.79 Å². The van der Waals surface area contributed by atoms with Crippen LogP contribution in [0.1, 0.15) is 0 Å². The largest absolute Gasteiger partial charge is 0.369 e. The topological polar surface area (TPSA) is 43.1 Å². The Morgan fingerprint density at radius 2 is 2.50 bits per heavy atom. The Hall–Kier alpha value is -0.180. The molecule has 6 heavy (non-hydrogen) atoms. The number of hydrogen-bond donors (Lipinski definition) is 1. The van der Waals surface area contributed by atoms with Crippen LogP contribution in [0.15, 0.2) is 0 Å². The Morgan fingerprint density at radius 3 is 2.50 bits per heavy atom. The molecule has 3 heteroatoms. The molecule has 35 valence electrons. The first-order valence-electron chi connectivity index (χ1n) is 1.43. The second kappa shape index (κ2) is 3.03. The summed E-state index contributed by atoms with van der Waals surface area (Å²) in [6.07, 6.45) is 1.78. The Labute approximate surface area is 41.1 Å². The van der Waals surface area contributed by atoms with Crippen molar-refractivity contribution in [3.05, 3.63) is 5.75 Å². The van der Waals surface area contributed by atoms with E-state index in [2.05, 4.69) is 5.73 Å². The molecule has 0 rings (SSSR count). The molecule has 2 nitrogen and oxygen atoms in total. The van der Waals surface area contributed by atoms with Gasteiger partial charge in [-0.1, -0.05) is 0 Å². The molecule has 0 fully saturated rings. The molecular formula is C3H6NOS. The minimum Gasteiger partial charge on any atom is -0.369 e. The van der Waals surface area contributed by atoms with Gasteiger partial charge in [0, 0.05) is 0 Å². The first-order valence-corrected chi connectivity index (χ1v) is 2.71. The van der Waals surface area contributed by atoms with Crippen LogP contribution in [0.3, 0.4) is 0 Å². The van der Waals surface area contributed by atoms with Gasteiger partial charge in [0.15, 0.2) is 0 Å². The summed E-state index contributed by atoms with van der Waals surface area (Å²) < 4.78 is 0. The number of nitrogens with two attached hydrogens (primary N) is 1. The standard InChI is InChI=1S/C3H6NOS/c1-6-2-3(4)5/h2H,1H3,(H2,4,5). The number of carbonyl (C=O) groups excluding carboxylic acids is 1. The number of primary amides is 1. The molecule has 0 atom stereocenters. The summed E-state index contributed by atoms with van der Waals surface area (Å²) in [7, 11) is 0. The highest BCUT2D eigenvalue weighted by Gasteiger charge is 1.86. The van der Waals surface area contributed by atoms with E-state index in [0.717, 1.165) is 0 Å². The number of hydrogen-bond acceptors (Lipinski definition) is 2. The van der Waals surface area contributed by atoms with E-state index >= 15 is 0 Å². The lowest BCUT2D eigenvalue weighted by Gasteiger charge is -1.80. The Kier molecular flexibility index (Phi) is 2.94. The lowest BCUT2D eigenvalue weighted by molar-refractivity contribution is -0.114. The van der Waals surface area contributed by atoms with Crippen LogP contribution in [0.25, 0.3) is 0 Å². The summed E-state index contributed by atoms with van der Waals surface area (Å²) in [6.45, 7) is 0. The Morgan fingerprint density at radius 1 is 2.00 bits per heavy atom. The smallest absolute Gasteiger partial charge is 0.232 e. The zero-order valence-corrected chi connectivity index (χ0v) is 4.29. The highest BCUT2D eigenvalue weighted by molar-refractivity contribution is 8.01. The fourth-order valence-corrected chi connectivity index (χ4v) is 0.348. The maximum absolute atomic E-state index is 9.75. The van der Waals surface area contributed by atoms with Crippen LogP contribution in [0.5, 0.6) is 0 Å². The third-order valence-corrected chi connectivity index (χ3v) is 0.702. The molecule has 1 radical (unpaired) electrons. The SMILES string of the molecule is CS[CH]C(N)=O. The van der Waals surface area contributed by atoms with Gasteiger partial charge in [0.2, 0.25) is 5.91 Å². The number of carbonyl (C=O) groups is 1. The summed E-state index contributed by atoms with van der Waals surface area (Å²) in [5, 5.41) is 0. The van der Waals surface area contributed by atoms with E-state index in [1.807, 2.05) is 0 Å². The monoisotopic (exact) mass is 104 g/mol. The van der Waals surface area contributed by atoms with Gasteiger partial charge in [-0.3, -0.25) is 4.79 Å². The van der Waals surface area contributed by atoms with Crippen molar-refractivity contribution in [2.45, 2.75) is 0 Å². The third-order valence-electron chi connectivity index (χ3n) is 0.234. The van der Waals surface area contributed by atoms with Gasteiger partial charge in [-0.25, -0.2) is 0 Å². The van der Waals surface area contributed by atoms with E-state index in [-0.39, 0.29) is 5.91 Å². The van der Waals surface area contributed by atoms with Crippen LogP contribution < -0.4 is 5.73 Å². The molecule has 0 aliphatic rings. The van der Waals surface area contributed by atoms with Gasteiger partial charge in [0.1, 0.15) is 5.75 Å². The summed E-state index contributed by atoms with van der Waals surface area (Å²) >= 11 is 1.31. The molecule has 0 spiro atoms. The summed E-state index contributed by atoms with van der Waals surface area (Å²) in [5.41, 5.74) is 4.69. The van der Waals surface area contributed by atoms with Crippen molar-refractivity contribution < 1.29 is 4.79 Å². The van der Waals surface area contributed by atoms with E-state index in [4.69, 9.17) is 0 Å². The fourth-order valence-electron chi connectivity index (χ4n) is 0.116. The zero-order chi connectivity index (χ0) is 4.99. The minimum atomic E-state index is -0.373. The average Bonchev–Trinajstić information content (AvgIpc) is 1.35. The molecule has 2 N–H and O–H groups in total. The molecule has 0 aliphatic heterocycles. The number of rotatable bonds is 2. The quantitative estimate of drug-likeness (QED) is 0.535. The van der Waals surface area contributed by atoms with Crippen molar-refractivity contribution in [3.63, 3.8) is 0 Å². The maximum Gasteiger partial charge on any atom is 0.232 e. The predicted octanol–water partition coefficient (Wildman–Crippen LogP) is -0.00351. The first-order chi connectivity index (χ1) is 2.77. The highest BCUT2D eigenvalue weighted by Crippen LogP contribution is 1.93. The number of amides is 1. The lowest BCUT2D eigenvalue weighted by atomic mass is 10.8. The molecule has 0 heterocycles. The molecule has 0 aromatic carbocycles. The Balaban J connectivity index is 2.83. The van der Waals surface area contributed by atoms with Crippen molar-refractivity contribution in [1.82, 2.24) is 0 Å². The average molecular weight is 104 g/mol. The van der Waals surface area contributed by atoms with Gasteiger partial charge in [-0.2, -0.15) is 11.8 Å². The second-order valence-corrected chi connectivity index (χ2v) is 1.46. The highest BCUT2D eigenvalue weighted by atomic mass is 32.2. The molecule has 1 amide bonds. The fraction of sp³-hybridized carbons (Fsp3) is 0.333. The van der Waals surface area contributed by atoms with Crippen molar-refractivity contribution in [2.24, 2.45) is 5.73 Å². The van der Waals surface area contributed by atoms with Crippen LogP contribution in [-0.4, -0.2) is 12.2 Å². The van der Waals surface area contributed by atoms with Crippen molar-refractivity contribution in [3.8, 4) is 0 Å². The minimum absolute atomic E-state index is 0.373. The molecule has 0 aromatic rings. The Bertz CT molecular complexity index is 54.8. The second-order valence-electron chi connectivity index (χ2n) is 0.756. The first kappa shape index (κ1) is 5.82. The normalized spacial score (nSPS) is 8.17. The van der Waals surface area contributed by atoms with Crippen LogP contribution >= 0.6 is 11.8 Å². The van der Waals surface area contributed by atoms with Gasteiger partial charge in [0.25, 0.3) is 0 Å². The predicted molar refractivity (Wildman–Crippen MR) is 27.0 cm³/mol. The molecule has 0 aromatic heterocycles. The van der Waals surface area contributed by atoms with Crippen molar-refractivity contribution >= 4 is 17.7 Å². The van der Waals surface area contributed by atoms with Gasteiger partial charge in [0.05, 0.1) is 0 Å². The van der Waals surface area contributed by atoms with Gasteiger partial charge < -0.3 is 5.73 Å². The van der Waals surface area contributed by atoms with E-state index in [0.29, 0.717) is 0 Å². The van der Waals surface area contributed by atoms with Crippen LogP contribution in [0.2, 0.25) is 0 Å². The molecule has 0 unspecified atom stereocenters. The van der Waals surface area contributed by atoms with Crippen molar-refractivity contribution in [1.29, 1.82) is 0 Å². The van der Waals surface area contributed by atoms with Crippen molar-refractivity contribution in [2.75, 3.05) is 6.26 Å². The summed E-state index contributed by atoms with van der Waals surface area (Å²) in [5.74, 6) is 0.975. The molecule has 0 saturated heterocycles. The van der Waals surface area contributed by atoms with Gasteiger partial charge in [-0.05, 0) is 6.26 Å². The third kappa shape index (κ3) is 3.82. The van der Waals surface area contributed by atoms with Gasteiger partial charge in [-0.15, -0.1) is 0 Å². The van der Waals surface area contributed by atoms with E-state index in [1.54, 1.807) is 6.26 Å². The van der Waals surface area contributed by atoms with Crippen LogP contribution in [0, 0.1) is 5.75 Å². The lowest BCUT2D eigenvalue weighted by Crippen LogP contribution is -2.07. The zero-order valence-electron chi connectivity index (χ0n) is 3.47. The van der Waals surface area contributed by atoms with E-state index in [1.165, 1.54) is 17.5 Å². The van der Waals surface area contributed by atoms with E-state index < -0.39 is 0 Å². The summed E-state index contributed by atoms with van der Waals surface area (Å²) in [4.78, 5) is 9.75. The molecular weight excluding hydrogens is 98.1 g/mol. The van der Waals surface area contributed by atoms with Crippen LogP contribution in [-0.2, 0) is 4.79 Å². The molecule has 0 bridgehead atoms. The maximum atomic E-state index is 9.75. The summed E-state index contributed by atoms with van der Waals surface area (Å²) in [6, 6.07) is 0.